The highest BCUT2D eigenvalue weighted by Crippen LogP contribution is 2.36. The molecular formula is C17H18ClNO6. The van der Waals surface area contributed by atoms with Gasteiger partial charge in [0.2, 0.25) is 5.91 Å². The number of nitrogens with zero attached hydrogens (tertiary/aromatic N) is 1. The summed E-state index contributed by atoms with van der Waals surface area (Å²) >= 11 is 6.28. The molecule has 7 nitrogen and oxygen atoms in total. The summed E-state index contributed by atoms with van der Waals surface area (Å²) in [6.45, 7) is 2.29. The smallest absolute Gasteiger partial charge is 0.486 e. The maximum Gasteiger partial charge on any atom is 0.509 e. The number of hydrogen-bond donors (Lipinski definition) is 0. The summed E-state index contributed by atoms with van der Waals surface area (Å²) in [6.07, 6.45) is 0.736. The molecule has 1 aromatic carbocycles. The van der Waals surface area contributed by atoms with Gasteiger partial charge in [-0.1, -0.05) is 11.6 Å². The lowest BCUT2D eigenvalue weighted by Gasteiger charge is -2.36. The third kappa shape index (κ3) is 3.20. The number of cyclic esters (lactones) is 1. The first-order chi connectivity index (χ1) is 12.0. The molecule has 0 aliphatic carbocycles. The molecule has 2 saturated heterocycles. The summed E-state index contributed by atoms with van der Waals surface area (Å²) in [5.74, 6) is 1.21. The Morgan fingerprint density at radius 1 is 1.12 bits per heavy atom. The van der Waals surface area contributed by atoms with E-state index in [1.54, 1.807) is 17.0 Å². The van der Waals surface area contributed by atoms with Crippen molar-refractivity contribution < 1.29 is 28.5 Å². The number of fused-ring (bicyclic) bond motifs is 1. The van der Waals surface area contributed by atoms with Gasteiger partial charge in [0, 0.05) is 37.0 Å². The molecule has 0 bridgehead atoms. The van der Waals surface area contributed by atoms with Gasteiger partial charge < -0.3 is 23.8 Å². The van der Waals surface area contributed by atoms with Gasteiger partial charge in [-0.3, -0.25) is 4.79 Å². The molecule has 0 radical (unpaired) electrons. The van der Waals surface area contributed by atoms with Crippen molar-refractivity contribution in [1.29, 1.82) is 0 Å². The molecule has 134 valence electrons. The van der Waals surface area contributed by atoms with Crippen LogP contribution in [0.15, 0.2) is 12.1 Å². The number of likely N-dealkylation sites (tertiary alicyclic amines) is 1. The van der Waals surface area contributed by atoms with Crippen LogP contribution in [0.25, 0.3) is 0 Å². The van der Waals surface area contributed by atoms with E-state index in [9.17, 15) is 9.59 Å². The van der Waals surface area contributed by atoms with Gasteiger partial charge in [-0.15, -0.1) is 0 Å². The van der Waals surface area contributed by atoms with Crippen molar-refractivity contribution >= 4 is 23.7 Å². The van der Waals surface area contributed by atoms with Crippen LogP contribution < -0.4 is 9.47 Å². The Bertz CT molecular complexity index is 713. The third-order valence-corrected chi connectivity index (χ3v) is 5.19. The van der Waals surface area contributed by atoms with Crippen molar-refractivity contribution in [1.82, 2.24) is 4.90 Å². The molecule has 0 N–H and O–H groups in total. The maximum absolute atomic E-state index is 12.6. The van der Waals surface area contributed by atoms with Gasteiger partial charge in [0.15, 0.2) is 17.1 Å². The fourth-order valence-electron chi connectivity index (χ4n) is 3.35. The molecule has 0 unspecified atom stereocenters. The molecule has 0 aromatic heterocycles. The van der Waals surface area contributed by atoms with E-state index in [0.29, 0.717) is 61.2 Å². The molecule has 0 saturated carbocycles. The molecule has 0 atom stereocenters. The van der Waals surface area contributed by atoms with E-state index in [-0.39, 0.29) is 18.9 Å². The fraction of sp³-hybridized carbons (Fsp3) is 0.529. The van der Waals surface area contributed by atoms with E-state index in [2.05, 4.69) is 0 Å². The molecule has 8 heteroatoms. The van der Waals surface area contributed by atoms with Crippen molar-refractivity contribution in [3.8, 4) is 11.5 Å². The summed E-state index contributed by atoms with van der Waals surface area (Å²) in [5.41, 5.74) is 0.148. The number of ether oxygens (including phenoxy) is 4. The van der Waals surface area contributed by atoms with Gasteiger partial charge in [0.25, 0.3) is 0 Å². The zero-order valence-electron chi connectivity index (χ0n) is 13.6. The minimum atomic E-state index is -0.622. The van der Waals surface area contributed by atoms with Crippen LogP contribution in [0.4, 0.5) is 4.79 Å². The highest BCUT2D eigenvalue weighted by Gasteiger charge is 2.45. The first kappa shape index (κ1) is 16.3. The Morgan fingerprint density at radius 3 is 2.44 bits per heavy atom. The number of carbonyl (C=O) groups excluding carboxylic acids is 2. The number of benzene rings is 1. The Morgan fingerprint density at radius 2 is 1.80 bits per heavy atom. The lowest BCUT2D eigenvalue weighted by Crippen LogP contribution is -2.48. The molecule has 25 heavy (non-hydrogen) atoms. The Labute approximate surface area is 149 Å². The number of rotatable bonds is 2. The SMILES string of the molecule is O=C1OCC2(CCN(C(=O)Cc3cc4c(cc3Cl)OCCO4)CC2)O1. The van der Waals surface area contributed by atoms with Crippen LogP contribution in [-0.2, 0) is 20.7 Å². The number of carbonyl (C=O) groups is 2. The Balaban J connectivity index is 1.40. The van der Waals surface area contributed by atoms with Crippen LogP contribution in [0.5, 0.6) is 11.5 Å². The second-order valence-electron chi connectivity index (χ2n) is 6.47. The zero-order valence-corrected chi connectivity index (χ0v) is 14.3. The van der Waals surface area contributed by atoms with E-state index < -0.39 is 11.8 Å². The fourth-order valence-corrected chi connectivity index (χ4v) is 3.57. The molecule has 1 spiro atoms. The molecular weight excluding hydrogens is 350 g/mol. The minimum absolute atomic E-state index is 0.0151. The molecule has 3 aliphatic rings. The van der Waals surface area contributed by atoms with E-state index in [1.165, 1.54) is 0 Å². The third-order valence-electron chi connectivity index (χ3n) is 4.83. The van der Waals surface area contributed by atoms with Crippen LogP contribution in [0, 0.1) is 0 Å². The molecule has 2 fully saturated rings. The first-order valence-corrected chi connectivity index (χ1v) is 8.64. The standard InChI is InChI=1S/C17H18ClNO6/c18-12-9-14-13(22-5-6-23-14)7-11(12)8-15(20)19-3-1-17(2-4-19)10-24-16(21)25-17/h7,9H,1-6,8,10H2. The lowest BCUT2D eigenvalue weighted by molar-refractivity contribution is -0.133. The van der Waals surface area contributed by atoms with Gasteiger partial charge >= 0.3 is 6.16 Å². The van der Waals surface area contributed by atoms with E-state index in [1.807, 2.05) is 0 Å². The Kier molecular flexibility index (Phi) is 4.11. The molecule has 4 rings (SSSR count). The predicted octanol–water partition coefficient (Wildman–Crippen LogP) is 2.18. The lowest BCUT2D eigenvalue weighted by atomic mass is 9.92. The quantitative estimate of drug-likeness (QED) is 0.746. The van der Waals surface area contributed by atoms with Gasteiger partial charge in [-0.25, -0.2) is 4.79 Å². The average molecular weight is 368 g/mol. The van der Waals surface area contributed by atoms with Gasteiger partial charge in [0.05, 0.1) is 6.42 Å². The molecule has 3 heterocycles. The predicted molar refractivity (Wildman–Crippen MR) is 87.1 cm³/mol. The van der Waals surface area contributed by atoms with E-state index >= 15 is 0 Å². The number of piperidine rings is 1. The number of halogens is 1. The summed E-state index contributed by atoms with van der Waals surface area (Å²) in [7, 11) is 0. The highest BCUT2D eigenvalue weighted by atomic mass is 35.5. The summed E-state index contributed by atoms with van der Waals surface area (Å²) in [4.78, 5) is 25.5. The van der Waals surface area contributed by atoms with Crippen LogP contribution >= 0.6 is 11.6 Å². The minimum Gasteiger partial charge on any atom is -0.486 e. The summed E-state index contributed by atoms with van der Waals surface area (Å²) in [5, 5.41) is 0.490. The second-order valence-corrected chi connectivity index (χ2v) is 6.88. The van der Waals surface area contributed by atoms with E-state index in [4.69, 9.17) is 30.5 Å². The van der Waals surface area contributed by atoms with Crippen molar-refractivity contribution in [3.63, 3.8) is 0 Å². The van der Waals surface area contributed by atoms with Gasteiger partial charge in [0.1, 0.15) is 19.8 Å². The van der Waals surface area contributed by atoms with Gasteiger partial charge in [-0.05, 0) is 11.6 Å². The second kappa shape index (κ2) is 6.29. The molecule has 3 aliphatic heterocycles. The van der Waals surface area contributed by atoms with Gasteiger partial charge in [-0.2, -0.15) is 0 Å². The number of amides is 1. The normalized spacial score (nSPS) is 21.0. The molecule has 1 aromatic rings. The summed E-state index contributed by atoms with van der Waals surface area (Å²) < 4.78 is 21.2. The number of hydrogen-bond acceptors (Lipinski definition) is 6. The highest BCUT2D eigenvalue weighted by molar-refractivity contribution is 6.31. The Hall–Kier alpha value is -2.15. The average Bonchev–Trinajstić information content (AvgIpc) is 2.96. The molecule has 1 amide bonds. The van der Waals surface area contributed by atoms with E-state index in [0.717, 1.165) is 0 Å². The van der Waals surface area contributed by atoms with Crippen LogP contribution in [-0.4, -0.2) is 55.5 Å². The first-order valence-electron chi connectivity index (χ1n) is 8.26. The van der Waals surface area contributed by atoms with Crippen molar-refractivity contribution in [2.45, 2.75) is 24.9 Å². The van der Waals surface area contributed by atoms with Crippen molar-refractivity contribution in [2.24, 2.45) is 0 Å². The summed E-state index contributed by atoms with van der Waals surface area (Å²) in [6, 6.07) is 3.46. The van der Waals surface area contributed by atoms with Crippen molar-refractivity contribution in [2.75, 3.05) is 32.9 Å². The maximum atomic E-state index is 12.6. The van der Waals surface area contributed by atoms with Crippen LogP contribution in [0.1, 0.15) is 18.4 Å². The largest absolute Gasteiger partial charge is 0.509 e. The monoisotopic (exact) mass is 367 g/mol. The topological polar surface area (TPSA) is 74.3 Å². The van der Waals surface area contributed by atoms with Crippen LogP contribution in [0.2, 0.25) is 5.02 Å². The van der Waals surface area contributed by atoms with Crippen LogP contribution in [0.3, 0.4) is 0 Å². The zero-order chi connectivity index (χ0) is 17.4. The van der Waals surface area contributed by atoms with Crippen molar-refractivity contribution in [3.05, 3.63) is 22.7 Å².